The molecular formula is C16H20ClN5O. The highest BCUT2D eigenvalue weighted by atomic mass is 35.5. The van der Waals surface area contributed by atoms with Crippen LogP contribution in [0.5, 0.6) is 0 Å². The highest BCUT2D eigenvalue weighted by Gasteiger charge is 2.21. The lowest BCUT2D eigenvalue weighted by molar-refractivity contribution is -0.120. The predicted molar refractivity (Wildman–Crippen MR) is 89.7 cm³/mol. The fraction of sp³-hybridized carbons (Fsp3) is 0.438. The van der Waals surface area contributed by atoms with E-state index in [2.05, 4.69) is 19.9 Å². The van der Waals surface area contributed by atoms with Crippen molar-refractivity contribution in [2.75, 3.05) is 18.5 Å². The van der Waals surface area contributed by atoms with Gasteiger partial charge < -0.3 is 14.8 Å². The SMILES string of the molecule is Cc1cn2c(n1)CC[C@H](NC(=O)CN(C)c1ccc(Cl)cn1)C2. The Labute approximate surface area is 140 Å². The quantitative estimate of drug-likeness (QED) is 0.927. The Morgan fingerprint density at radius 2 is 2.35 bits per heavy atom. The van der Waals surface area contributed by atoms with Gasteiger partial charge in [0.25, 0.3) is 0 Å². The van der Waals surface area contributed by atoms with Crippen LogP contribution < -0.4 is 10.2 Å². The average Bonchev–Trinajstić information content (AvgIpc) is 2.87. The van der Waals surface area contributed by atoms with E-state index in [0.717, 1.165) is 36.7 Å². The number of amides is 1. The lowest BCUT2D eigenvalue weighted by Crippen LogP contribution is -2.45. The highest BCUT2D eigenvalue weighted by molar-refractivity contribution is 6.30. The molecule has 0 aromatic carbocycles. The molecule has 1 aliphatic heterocycles. The van der Waals surface area contributed by atoms with E-state index in [0.29, 0.717) is 5.02 Å². The number of rotatable bonds is 4. The molecule has 0 saturated carbocycles. The molecule has 0 unspecified atom stereocenters. The number of pyridine rings is 1. The molecule has 23 heavy (non-hydrogen) atoms. The summed E-state index contributed by atoms with van der Waals surface area (Å²) in [6.45, 7) is 3.04. The number of anilines is 1. The molecule has 0 bridgehead atoms. The minimum atomic E-state index is -0.00506. The minimum absolute atomic E-state index is 0.00506. The van der Waals surface area contributed by atoms with Crippen LogP contribution in [0.4, 0.5) is 5.82 Å². The van der Waals surface area contributed by atoms with Gasteiger partial charge in [-0.05, 0) is 25.5 Å². The van der Waals surface area contributed by atoms with Crippen molar-refractivity contribution in [3.05, 3.63) is 41.1 Å². The first kappa shape index (κ1) is 15.8. The number of aromatic nitrogens is 3. The van der Waals surface area contributed by atoms with Crippen molar-refractivity contribution >= 4 is 23.3 Å². The Hall–Kier alpha value is -2.08. The summed E-state index contributed by atoms with van der Waals surface area (Å²) in [5, 5.41) is 3.68. The fourth-order valence-electron chi connectivity index (χ4n) is 2.87. The second-order valence-electron chi connectivity index (χ2n) is 5.94. The number of carbonyl (C=O) groups is 1. The first-order valence-electron chi connectivity index (χ1n) is 7.66. The topological polar surface area (TPSA) is 63.1 Å². The molecule has 2 aromatic rings. The molecule has 1 N–H and O–H groups in total. The molecular weight excluding hydrogens is 314 g/mol. The number of carbonyl (C=O) groups excluding carboxylic acids is 1. The van der Waals surface area contributed by atoms with Crippen LogP contribution in [0.25, 0.3) is 0 Å². The summed E-state index contributed by atoms with van der Waals surface area (Å²) >= 11 is 5.83. The maximum Gasteiger partial charge on any atom is 0.239 e. The number of nitrogens with one attached hydrogen (secondary N) is 1. The first-order valence-corrected chi connectivity index (χ1v) is 8.04. The van der Waals surface area contributed by atoms with Crippen LogP contribution in [0, 0.1) is 6.92 Å². The highest BCUT2D eigenvalue weighted by Crippen LogP contribution is 2.15. The van der Waals surface area contributed by atoms with Gasteiger partial charge in [-0.2, -0.15) is 0 Å². The summed E-state index contributed by atoms with van der Waals surface area (Å²) in [6.07, 6.45) is 5.44. The van der Waals surface area contributed by atoms with E-state index in [1.165, 1.54) is 0 Å². The number of hydrogen-bond acceptors (Lipinski definition) is 4. The Bertz CT molecular complexity index is 697. The van der Waals surface area contributed by atoms with Crippen molar-refractivity contribution in [1.82, 2.24) is 19.9 Å². The van der Waals surface area contributed by atoms with Crippen molar-refractivity contribution in [2.24, 2.45) is 0 Å². The second-order valence-corrected chi connectivity index (χ2v) is 6.38. The molecule has 7 heteroatoms. The molecule has 2 aromatic heterocycles. The monoisotopic (exact) mass is 333 g/mol. The van der Waals surface area contributed by atoms with Crippen LogP contribution in [-0.4, -0.2) is 40.1 Å². The normalized spacial score (nSPS) is 16.7. The van der Waals surface area contributed by atoms with Gasteiger partial charge in [-0.3, -0.25) is 4.79 Å². The summed E-state index contributed by atoms with van der Waals surface area (Å²) in [4.78, 5) is 22.7. The molecule has 1 amide bonds. The third-order valence-corrected chi connectivity index (χ3v) is 4.19. The number of fused-ring (bicyclic) bond motifs is 1. The summed E-state index contributed by atoms with van der Waals surface area (Å²) in [7, 11) is 1.84. The van der Waals surface area contributed by atoms with E-state index in [4.69, 9.17) is 11.6 Å². The Balaban J connectivity index is 1.54. The van der Waals surface area contributed by atoms with Crippen LogP contribution in [0.1, 0.15) is 17.9 Å². The average molecular weight is 334 g/mol. The standard InChI is InChI=1S/C16H20ClN5O/c1-11-8-22-9-13(4-6-15(22)19-11)20-16(23)10-21(2)14-5-3-12(17)7-18-14/h3,5,7-8,13H,4,6,9-10H2,1-2H3,(H,20,23)/t13-/m0/s1. The van der Waals surface area contributed by atoms with Gasteiger partial charge in [-0.1, -0.05) is 11.6 Å². The van der Waals surface area contributed by atoms with Gasteiger partial charge in [-0.15, -0.1) is 0 Å². The summed E-state index contributed by atoms with van der Waals surface area (Å²) < 4.78 is 2.13. The maximum atomic E-state index is 12.2. The minimum Gasteiger partial charge on any atom is -0.350 e. The summed E-state index contributed by atoms with van der Waals surface area (Å²) in [5.74, 6) is 1.82. The molecule has 6 nitrogen and oxygen atoms in total. The number of hydrogen-bond donors (Lipinski definition) is 1. The molecule has 1 atom stereocenters. The van der Waals surface area contributed by atoms with Gasteiger partial charge in [0.05, 0.1) is 17.3 Å². The molecule has 3 rings (SSSR count). The van der Waals surface area contributed by atoms with Crippen LogP contribution in [0.2, 0.25) is 5.02 Å². The Kier molecular flexibility index (Phi) is 4.52. The number of imidazole rings is 1. The van der Waals surface area contributed by atoms with Crippen LogP contribution in [0.3, 0.4) is 0 Å². The van der Waals surface area contributed by atoms with Gasteiger partial charge in [0.15, 0.2) is 0 Å². The van der Waals surface area contributed by atoms with E-state index in [1.807, 2.05) is 20.2 Å². The van der Waals surface area contributed by atoms with Gasteiger partial charge >= 0.3 is 0 Å². The summed E-state index contributed by atoms with van der Waals surface area (Å²) in [6, 6.07) is 3.72. The van der Waals surface area contributed by atoms with E-state index in [-0.39, 0.29) is 18.5 Å². The third kappa shape index (κ3) is 3.82. The van der Waals surface area contributed by atoms with E-state index < -0.39 is 0 Å². The molecule has 0 fully saturated rings. The number of aryl methyl sites for hydroxylation is 2. The molecule has 122 valence electrons. The lowest BCUT2D eigenvalue weighted by Gasteiger charge is -2.26. The van der Waals surface area contributed by atoms with Crippen molar-refractivity contribution in [1.29, 1.82) is 0 Å². The van der Waals surface area contributed by atoms with Crippen molar-refractivity contribution in [3.8, 4) is 0 Å². The smallest absolute Gasteiger partial charge is 0.239 e. The second kappa shape index (κ2) is 6.58. The number of halogens is 1. The molecule has 0 aliphatic carbocycles. The van der Waals surface area contributed by atoms with Crippen LogP contribution in [0.15, 0.2) is 24.5 Å². The van der Waals surface area contributed by atoms with Crippen LogP contribution in [-0.2, 0) is 17.8 Å². The predicted octanol–water partition coefficient (Wildman–Crippen LogP) is 1.81. The fourth-order valence-corrected chi connectivity index (χ4v) is 2.98. The van der Waals surface area contributed by atoms with E-state index in [9.17, 15) is 4.79 Å². The van der Waals surface area contributed by atoms with E-state index in [1.54, 1.807) is 23.2 Å². The van der Waals surface area contributed by atoms with E-state index >= 15 is 0 Å². The zero-order chi connectivity index (χ0) is 16.4. The number of nitrogens with zero attached hydrogens (tertiary/aromatic N) is 4. The molecule has 3 heterocycles. The molecule has 0 saturated heterocycles. The maximum absolute atomic E-state index is 12.2. The van der Waals surface area contributed by atoms with Crippen molar-refractivity contribution in [2.45, 2.75) is 32.4 Å². The van der Waals surface area contributed by atoms with Crippen LogP contribution >= 0.6 is 11.6 Å². The molecule has 0 radical (unpaired) electrons. The molecule has 0 spiro atoms. The Morgan fingerprint density at radius 1 is 1.52 bits per heavy atom. The largest absolute Gasteiger partial charge is 0.350 e. The zero-order valence-corrected chi connectivity index (χ0v) is 14.0. The van der Waals surface area contributed by atoms with Gasteiger partial charge in [0, 0.05) is 38.4 Å². The van der Waals surface area contributed by atoms with Gasteiger partial charge in [-0.25, -0.2) is 9.97 Å². The zero-order valence-electron chi connectivity index (χ0n) is 13.3. The molecule has 1 aliphatic rings. The van der Waals surface area contributed by atoms with Crippen molar-refractivity contribution < 1.29 is 4.79 Å². The first-order chi connectivity index (χ1) is 11.0. The van der Waals surface area contributed by atoms with Gasteiger partial charge in [0.1, 0.15) is 11.6 Å². The third-order valence-electron chi connectivity index (χ3n) is 3.96. The summed E-state index contributed by atoms with van der Waals surface area (Å²) in [5.41, 5.74) is 1.03. The number of likely N-dealkylation sites (N-methyl/N-ethyl adjacent to an activating group) is 1. The van der Waals surface area contributed by atoms with Crippen molar-refractivity contribution in [3.63, 3.8) is 0 Å². The Morgan fingerprint density at radius 3 is 3.09 bits per heavy atom. The van der Waals surface area contributed by atoms with Gasteiger partial charge in [0.2, 0.25) is 5.91 Å². The lowest BCUT2D eigenvalue weighted by atomic mass is 10.1.